The summed E-state index contributed by atoms with van der Waals surface area (Å²) in [5, 5.41) is 0. The molecule has 0 aromatic heterocycles. The van der Waals surface area contributed by atoms with Gasteiger partial charge in [-0.2, -0.15) is 0 Å². The van der Waals surface area contributed by atoms with Crippen molar-refractivity contribution in [3.8, 4) is 0 Å². The van der Waals surface area contributed by atoms with Crippen LogP contribution in [0.5, 0.6) is 0 Å². The van der Waals surface area contributed by atoms with E-state index in [1.54, 1.807) is 0 Å². The minimum atomic E-state index is 0.471. The third kappa shape index (κ3) is 4.00. The molecule has 0 radical (unpaired) electrons. The van der Waals surface area contributed by atoms with Gasteiger partial charge in [0.2, 0.25) is 0 Å². The quantitative estimate of drug-likeness (QED) is 0.833. The van der Waals surface area contributed by atoms with Crippen LogP contribution in [0.25, 0.3) is 0 Å². The van der Waals surface area contributed by atoms with Crippen molar-refractivity contribution in [3.63, 3.8) is 0 Å². The van der Waals surface area contributed by atoms with Gasteiger partial charge in [0.05, 0.1) is 0 Å². The van der Waals surface area contributed by atoms with Crippen LogP contribution >= 0.6 is 12.2 Å². The van der Waals surface area contributed by atoms with Gasteiger partial charge in [-0.3, -0.25) is 4.90 Å². The first-order valence-electron chi connectivity index (χ1n) is 6.84. The van der Waals surface area contributed by atoms with Crippen LogP contribution in [-0.4, -0.2) is 48.0 Å². The Morgan fingerprint density at radius 3 is 2.63 bits per heavy atom. The smallest absolute Gasteiger partial charge is 0.103 e. The van der Waals surface area contributed by atoms with Crippen molar-refractivity contribution in [2.75, 3.05) is 27.2 Å². The number of nitrogens with zero attached hydrogens (tertiary/aromatic N) is 2. The lowest BCUT2D eigenvalue weighted by Crippen LogP contribution is -2.37. The second kappa shape index (κ2) is 6.46. The van der Waals surface area contributed by atoms with Crippen LogP contribution in [0.1, 0.15) is 24.0 Å². The molecule has 104 valence electrons. The lowest BCUT2D eigenvalue weighted by molar-refractivity contribution is 0.201. The van der Waals surface area contributed by atoms with Crippen molar-refractivity contribution in [3.05, 3.63) is 35.4 Å². The van der Waals surface area contributed by atoms with Crippen molar-refractivity contribution < 1.29 is 0 Å². The van der Waals surface area contributed by atoms with Gasteiger partial charge in [-0.05, 0) is 39.0 Å². The highest BCUT2D eigenvalue weighted by Gasteiger charge is 2.24. The first-order valence-corrected chi connectivity index (χ1v) is 7.24. The van der Waals surface area contributed by atoms with E-state index in [-0.39, 0.29) is 0 Å². The van der Waals surface area contributed by atoms with E-state index in [4.69, 9.17) is 18.0 Å². The monoisotopic (exact) mass is 277 g/mol. The van der Waals surface area contributed by atoms with Gasteiger partial charge in [-0.15, -0.1) is 0 Å². The van der Waals surface area contributed by atoms with E-state index in [1.807, 2.05) is 12.1 Å². The van der Waals surface area contributed by atoms with Crippen LogP contribution < -0.4 is 5.73 Å². The fraction of sp³-hybridized carbons (Fsp3) is 0.533. The predicted octanol–water partition coefficient (Wildman–Crippen LogP) is 1.85. The Balaban J connectivity index is 1.98. The first kappa shape index (κ1) is 14.4. The van der Waals surface area contributed by atoms with Crippen LogP contribution in [0.4, 0.5) is 0 Å². The number of hydrogen-bond acceptors (Lipinski definition) is 3. The second-order valence-electron chi connectivity index (χ2n) is 5.59. The molecular formula is C15H23N3S. The molecule has 0 aliphatic carbocycles. The summed E-state index contributed by atoms with van der Waals surface area (Å²) >= 11 is 4.98. The Morgan fingerprint density at radius 2 is 2.05 bits per heavy atom. The van der Waals surface area contributed by atoms with Crippen molar-refractivity contribution >= 4 is 17.2 Å². The Hall–Kier alpha value is -0.970. The third-order valence-electron chi connectivity index (χ3n) is 3.70. The van der Waals surface area contributed by atoms with Gasteiger partial charge in [0.25, 0.3) is 0 Å². The molecule has 2 N–H and O–H groups in total. The molecular weight excluding hydrogens is 254 g/mol. The lowest BCUT2D eigenvalue weighted by Gasteiger charge is -2.27. The number of hydrogen-bond donors (Lipinski definition) is 1. The molecule has 1 aromatic carbocycles. The van der Waals surface area contributed by atoms with E-state index < -0.39 is 0 Å². The molecule has 0 amide bonds. The zero-order chi connectivity index (χ0) is 13.8. The largest absolute Gasteiger partial charge is 0.389 e. The number of likely N-dealkylation sites (tertiary alicyclic amines) is 1. The van der Waals surface area contributed by atoms with Gasteiger partial charge < -0.3 is 10.6 Å². The molecule has 19 heavy (non-hydrogen) atoms. The van der Waals surface area contributed by atoms with Crippen molar-refractivity contribution in [2.24, 2.45) is 5.73 Å². The van der Waals surface area contributed by atoms with Crippen LogP contribution in [0.2, 0.25) is 0 Å². The number of likely N-dealkylation sites (N-methyl/N-ethyl adjacent to an activating group) is 1. The number of rotatable bonds is 5. The van der Waals surface area contributed by atoms with Gasteiger partial charge >= 0.3 is 0 Å². The molecule has 1 aliphatic heterocycles. The van der Waals surface area contributed by atoms with Crippen LogP contribution in [0.3, 0.4) is 0 Å². The van der Waals surface area contributed by atoms with E-state index in [0.717, 1.165) is 18.7 Å². The number of benzene rings is 1. The van der Waals surface area contributed by atoms with E-state index in [0.29, 0.717) is 11.0 Å². The van der Waals surface area contributed by atoms with Crippen LogP contribution in [0, 0.1) is 0 Å². The van der Waals surface area contributed by atoms with E-state index in [9.17, 15) is 0 Å². The molecule has 0 bridgehead atoms. The Labute approximate surface area is 121 Å². The maximum Gasteiger partial charge on any atom is 0.103 e. The first-order chi connectivity index (χ1) is 9.06. The van der Waals surface area contributed by atoms with Gasteiger partial charge in [0, 0.05) is 24.7 Å². The summed E-state index contributed by atoms with van der Waals surface area (Å²) < 4.78 is 0. The maximum absolute atomic E-state index is 5.62. The molecule has 4 heteroatoms. The Bertz CT molecular complexity index is 428. The fourth-order valence-corrected chi connectivity index (χ4v) is 2.88. The topological polar surface area (TPSA) is 32.5 Å². The zero-order valence-electron chi connectivity index (χ0n) is 11.8. The molecule has 1 heterocycles. The number of thiocarbonyl (C=S) groups is 1. The summed E-state index contributed by atoms with van der Waals surface area (Å²) in [4.78, 5) is 5.33. The summed E-state index contributed by atoms with van der Waals surface area (Å²) in [5.74, 6) is 0. The van der Waals surface area contributed by atoms with E-state index in [2.05, 4.69) is 36.0 Å². The molecule has 1 unspecified atom stereocenters. The standard InChI is InChI=1S/C15H23N3S/c1-17(2)11-14-4-3-9-18(14)10-12-5-7-13(8-6-12)15(16)19/h5-8,14H,3-4,9-11H2,1-2H3,(H2,16,19). The molecule has 0 spiro atoms. The van der Waals surface area contributed by atoms with E-state index in [1.165, 1.54) is 24.9 Å². The predicted molar refractivity (Wildman–Crippen MR) is 84.3 cm³/mol. The fourth-order valence-electron chi connectivity index (χ4n) is 2.74. The van der Waals surface area contributed by atoms with Gasteiger partial charge in [0.1, 0.15) is 4.99 Å². The minimum Gasteiger partial charge on any atom is -0.389 e. The lowest BCUT2D eigenvalue weighted by atomic mass is 10.1. The molecule has 1 aromatic rings. The third-order valence-corrected chi connectivity index (χ3v) is 3.93. The van der Waals surface area contributed by atoms with Crippen molar-refractivity contribution in [1.82, 2.24) is 9.80 Å². The highest BCUT2D eigenvalue weighted by atomic mass is 32.1. The molecule has 1 saturated heterocycles. The molecule has 1 fully saturated rings. The Morgan fingerprint density at radius 1 is 1.37 bits per heavy atom. The average Bonchev–Trinajstić information content (AvgIpc) is 2.76. The maximum atomic E-state index is 5.62. The van der Waals surface area contributed by atoms with Gasteiger partial charge in [-0.1, -0.05) is 36.5 Å². The summed E-state index contributed by atoms with van der Waals surface area (Å²) in [6, 6.07) is 9.01. The molecule has 1 aliphatic rings. The highest BCUT2D eigenvalue weighted by molar-refractivity contribution is 7.80. The Kier molecular flexibility index (Phi) is 4.91. The summed E-state index contributed by atoms with van der Waals surface area (Å²) in [6.07, 6.45) is 2.62. The van der Waals surface area contributed by atoms with Gasteiger partial charge in [-0.25, -0.2) is 0 Å². The molecule has 2 rings (SSSR count). The highest BCUT2D eigenvalue weighted by Crippen LogP contribution is 2.20. The van der Waals surface area contributed by atoms with E-state index >= 15 is 0 Å². The summed E-state index contributed by atoms with van der Waals surface area (Å²) in [6.45, 7) is 3.37. The normalized spacial score (nSPS) is 20.1. The minimum absolute atomic E-state index is 0.471. The summed E-state index contributed by atoms with van der Waals surface area (Å²) in [5.41, 5.74) is 7.91. The number of nitrogens with two attached hydrogens (primary N) is 1. The average molecular weight is 277 g/mol. The molecule has 1 atom stereocenters. The van der Waals surface area contributed by atoms with Crippen LogP contribution in [-0.2, 0) is 6.54 Å². The molecule has 0 saturated carbocycles. The van der Waals surface area contributed by atoms with Crippen LogP contribution in [0.15, 0.2) is 24.3 Å². The van der Waals surface area contributed by atoms with Crippen molar-refractivity contribution in [2.45, 2.75) is 25.4 Å². The summed E-state index contributed by atoms with van der Waals surface area (Å²) in [7, 11) is 4.29. The molecule has 3 nitrogen and oxygen atoms in total. The van der Waals surface area contributed by atoms with Crippen molar-refractivity contribution in [1.29, 1.82) is 0 Å². The SMILES string of the molecule is CN(C)CC1CCCN1Cc1ccc(C(N)=S)cc1. The second-order valence-corrected chi connectivity index (χ2v) is 6.03. The van der Waals surface area contributed by atoms with Gasteiger partial charge in [0.15, 0.2) is 0 Å². The zero-order valence-corrected chi connectivity index (χ0v) is 12.6.